The Bertz CT molecular complexity index is 598. The van der Waals surface area contributed by atoms with E-state index in [1.807, 2.05) is 13.8 Å². The van der Waals surface area contributed by atoms with Crippen LogP contribution >= 0.6 is 11.6 Å². The molecule has 2 aromatic rings. The molecular formula is C13H17ClFN5. The third kappa shape index (κ3) is 2.82. The quantitative estimate of drug-likeness (QED) is 0.655. The van der Waals surface area contributed by atoms with Crippen molar-refractivity contribution in [1.82, 2.24) is 20.2 Å². The van der Waals surface area contributed by atoms with Gasteiger partial charge in [-0.3, -0.25) is 20.9 Å². The zero-order chi connectivity index (χ0) is 14.7. The number of pyridine rings is 1. The minimum Gasteiger partial charge on any atom is -0.271 e. The molecule has 2 aromatic heterocycles. The number of aromatic nitrogens is 3. The highest BCUT2D eigenvalue weighted by Crippen LogP contribution is 2.26. The standard InChI is InChI=1S/C13H17ClFN5/c1-3-20-12(13(14)8(2)19-20)6-11(18-16)9-4-5-17-7-10(9)15/h4-5,7,11,18H,3,6,16H2,1-2H3. The van der Waals surface area contributed by atoms with Crippen LogP contribution in [0.3, 0.4) is 0 Å². The van der Waals surface area contributed by atoms with E-state index >= 15 is 0 Å². The molecule has 1 unspecified atom stereocenters. The maximum Gasteiger partial charge on any atom is 0.146 e. The van der Waals surface area contributed by atoms with Crippen LogP contribution in [0, 0.1) is 12.7 Å². The van der Waals surface area contributed by atoms with E-state index in [1.54, 1.807) is 10.7 Å². The van der Waals surface area contributed by atoms with Crippen molar-refractivity contribution in [1.29, 1.82) is 0 Å². The molecule has 2 heterocycles. The monoisotopic (exact) mass is 297 g/mol. The lowest BCUT2D eigenvalue weighted by Crippen LogP contribution is -2.31. The van der Waals surface area contributed by atoms with E-state index in [9.17, 15) is 4.39 Å². The second kappa shape index (κ2) is 6.30. The van der Waals surface area contributed by atoms with Crippen molar-refractivity contribution in [3.8, 4) is 0 Å². The minimum absolute atomic E-state index is 0.392. The molecule has 0 radical (unpaired) electrons. The van der Waals surface area contributed by atoms with Crippen LogP contribution < -0.4 is 11.3 Å². The van der Waals surface area contributed by atoms with Gasteiger partial charge >= 0.3 is 0 Å². The molecule has 1 atom stereocenters. The fourth-order valence-corrected chi connectivity index (χ4v) is 2.40. The summed E-state index contributed by atoms with van der Waals surface area (Å²) in [6.45, 7) is 4.51. The Morgan fingerprint density at radius 1 is 1.55 bits per heavy atom. The fraction of sp³-hybridized carbons (Fsp3) is 0.385. The highest BCUT2D eigenvalue weighted by molar-refractivity contribution is 6.31. The molecule has 108 valence electrons. The molecule has 0 spiro atoms. The van der Waals surface area contributed by atoms with Gasteiger partial charge in [0.25, 0.3) is 0 Å². The smallest absolute Gasteiger partial charge is 0.146 e. The number of hydrogen-bond acceptors (Lipinski definition) is 4. The first-order valence-electron chi connectivity index (χ1n) is 6.35. The lowest BCUT2D eigenvalue weighted by molar-refractivity contribution is 0.488. The Kier molecular flexibility index (Phi) is 4.69. The molecule has 5 nitrogen and oxygen atoms in total. The van der Waals surface area contributed by atoms with Gasteiger partial charge < -0.3 is 0 Å². The van der Waals surface area contributed by atoms with Crippen molar-refractivity contribution in [3.05, 3.63) is 46.3 Å². The molecule has 0 aliphatic carbocycles. The number of aryl methyl sites for hydroxylation is 2. The second-order valence-corrected chi connectivity index (χ2v) is 4.86. The van der Waals surface area contributed by atoms with Gasteiger partial charge in [-0.15, -0.1) is 0 Å². The van der Waals surface area contributed by atoms with E-state index in [4.69, 9.17) is 17.4 Å². The Balaban J connectivity index is 2.34. The van der Waals surface area contributed by atoms with Crippen molar-refractivity contribution in [3.63, 3.8) is 0 Å². The first-order chi connectivity index (χ1) is 9.58. The minimum atomic E-state index is -0.397. The number of hydrazine groups is 1. The molecule has 0 saturated heterocycles. The summed E-state index contributed by atoms with van der Waals surface area (Å²) in [6, 6.07) is 1.21. The highest BCUT2D eigenvalue weighted by Gasteiger charge is 2.20. The summed E-state index contributed by atoms with van der Waals surface area (Å²) in [5.41, 5.74) is 4.68. The van der Waals surface area contributed by atoms with Crippen LogP contribution in [-0.4, -0.2) is 14.8 Å². The summed E-state index contributed by atoms with van der Waals surface area (Å²) in [5, 5.41) is 4.94. The van der Waals surface area contributed by atoms with E-state index in [0.717, 1.165) is 11.4 Å². The van der Waals surface area contributed by atoms with Gasteiger partial charge in [0, 0.05) is 24.7 Å². The normalized spacial score (nSPS) is 12.7. The van der Waals surface area contributed by atoms with Crippen LogP contribution in [0.4, 0.5) is 4.39 Å². The second-order valence-electron chi connectivity index (χ2n) is 4.48. The average Bonchev–Trinajstić information content (AvgIpc) is 2.73. The van der Waals surface area contributed by atoms with Gasteiger partial charge in [-0.1, -0.05) is 11.6 Å². The Labute approximate surface area is 121 Å². The molecule has 0 aromatic carbocycles. The van der Waals surface area contributed by atoms with Crippen molar-refractivity contribution < 1.29 is 4.39 Å². The lowest BCUT2D eigenvalue weighted by Gasteiger charge is -2.17. The predicted molar refractivity (Wildman–Crippen MR) is 75.6 cm³/mol. The van der Waals surface area contributed by atoms with Crippen molar-refractivity contribution >= 4 is 11.6 Å². The number of hydrogen-bond donors (Lipinski definition) is 2. The van der Waals surface area contributed by atoms with Crippen molar-refractivity contribution in [2.24, 2.45) is 5.84 Å². The highest BCUT2D eigenvalue weighted by atomic mass is 35.5. The van der Waals surface area contributed by atoms with Gasteiger partial charge in [-0.05, 0) is 19.9 Å². The molecule has 0 aliphatic rings. The van der Waals surface area contributed by atoms with Gasteiger partial charge in [0.1, 0.15) is 5.82 Å². The molecule has 0 saturated carbocycles. The Hall–Kier alpha value is -1.50. The molecule has 3 N–H and O–H groups in total. The first-order valence-corrected chi connectivity index (χ1v) is 6.73. The zero-order valence-electron chi connectivity index (χ0n) is 11.4. The van der Waals surface area contributed by atoms with Gasteiger partial charge in [0.15, 0.2) is 0 Å². The van der Waals surface area contributed by atoms with Gasteiger partial charge in [0.2, 0.25) is 0 Å². The number of halogens is 2. The number of nitrogens with two attached hydrogens (primary N) is 1. The number of rotatable bonds is 5. The topological polar surface area (TPSA) is 68.8 Å². The number of nitrogens with zero attached hydrogens (tertiary/aromatic N) is 3. The molecule has 2 rings (SSSR count). The molecule has 0 amide bonds. The molecule has 0 bridgehead atoms. The Morgan fingerprint density at radius 3 is 2.90 bits per heavy atom. The summed E-state index contributed by atoms with van der Waals surface area (Å²) in [5.74, 6) is 5.16. The summed E-state index contributed by atoms with van der Waals surface area (Å²) in [4.78, 5) is 3.74. The maximum absolute atomic E-state index is 13.8. The third-order valence-corrected chi connectivity index (χ3v) is 3.72. The van der Waals surface area contributed by atoms with Crippen LogP contribution in [0.2, 0.25) is 5.02 Å². The SMILES string of the molecule is CCn1nc(C)c(Cl)c1CC(NN)c1ccncc1F. The van der Waals surface area contributed by atoms with Gasteiger partial charge in [0.05, 0.1) is 28.6 Å². The van der Waals surface area contributed by atoms with E-state index < -0.39 is 11.9 Å². The van der Waals surface area contributed by atoms with Crippen LogP contribution in [0.5, 0.6) is 0 Å². The molecule has 0 fully saturated rings. The van der Waals surface area contributed by atoms with Gasteiger partial charge in [-0.25, -0.2) is 4.39 Å². The molecule has 20 heavy (non-hydrogen) atoms. The van der Waals surface area contributed by atoms with E-state index in [-0.39, 0.29) is 0 Å². The van der Waals surface area contributed by atoms with E-state index in [1.165, 1.54) is 12.4 Å². The fourth-order valence-electron chi connectivity index (χ4n) is 2.18. The van der Waals surface area contributed by atoms with Crippen LogP contribution in [0.25, 0.3) is 0 Å². The first kappa shape index (κ1) is 14.9. The lowest BCUT2D eigenvalue weighted by atomic mass is 10.0. The van der Waals surface area contributed by atoms with Crippen molar-refractivity contribution in [2.45, 2.75) is 32.9 Å². The molecule has 7 heteroatoms. The number of nitrogens with one attached hydrogen (secondary N) is 1. The summed E-state index contributed by atoms with van der Waals surface area (Å²) >= 11 is 6.26. The summed E-state index contributed by atoms with van der Waals surface area (Å²) in [7, 11) is 0. The predicted octanol–water partition coefficient (Wildman–Crippen LogP) is 2.15. The Morgan fingerprint density at radius 2 is 2.30 bits per heavy atom. The maximum atomic E-state index is 13.8. The van der Waals surface area contributed by atoms with E-state index in [0.29, 0.717) is 23.6 Å². The summed E-state index contributed by atoms with van der Waals surface area (Å²) in [6.07, 6.45) is 3.15. The van der Waals surface area contributed by atoms with Crippen LogP contribution in [0.15, 0.2) is 18.5 Å². The van der Waals surface area contributed by atoms with E-state index in [2.05, 4.69) is 15.5 Å². The zero-order valence-corrected chi connectivity index (χ0v) is 12.2. The molecule has 0 aliphatic heterocycles. The largest absolute Gasteiger partial charge is 0.271 e. The summed E-state index contributed by atoms with van der Waals surface area (Å²) < 4.78 is 15.6. The average molecular weight is 298 g/mol. The van der Waals surface area contributed by atoms with Gasteiger partial charge in [-0.2, -0.15) is 5.10 Å². The molecular weight excluding hydrogens is 281 g/mol. The van der Waals surface area contributed by atoms with Crippen molar-refractivity contribution in [2.75, 3.05) is 0 Å². The van der Waals surface area contributed by atoms with Crippen LogP contribution in [-0.2, 0) is 13.0 Å². The third-order valence-electron chi connectivity index (χ3n) is 3.23. The van der Waals surface area contributed by atoms with Crippen LogP contribution in [0.1, 0.15) is 29.9 Å².